The van der Waals surface area contributed by atoms with Crippen molar-refractivity contribution in [3.05, 3.63) is 11.1 Å². The Morgan fingerprint density at radius 1 is 0.444 bits per heavy atom. The number of hydrogen-bond acceptors (Lipinski definition) is 6. The predicted octanol–water partition coefficient (Wildman–Crippen LogP) is 1.69. The van der Waals surface area contributed by atoms with Crippen molar-refractivity contribution in [1.82, 2.24) is 0 Å². The van der Waals surface area contributed by atoms with Crippen LogP contribution < -0.4 is 0 Å². The summed E-state index contributed by atoms with van der Waals surface area (Å²) in [5, 5.41) is 57.7. The minimum absolute atomic E-state index is 0.0319. The first-order valence-corrected chi connectivity index (χ1v) is 5.09. The summed E-state index contributed by atoms with van der Waals surface area (Å²) in [7, 11) is 0. The zero-order valence-corrected chi connectivity index (χ0v) is 9.68. The molecular formula is C12H12O6. The van der Waals surface area contributed by atoms with Gasteiger partial charge in [-0.3, -0.25) is 0 Å². The number of phenolic OH excluding ortho intramolecular Hbond substituents is 6. The second kappa shape index (κ2) is 3.49. The quantitative estimate of drug-likeness (QED) is 0.313. The van der Waals surface area contributed by atoms with E-state index in [-0.39, 0.29) is 21.9 Å². The van der Waals surface area contributed by atoms with Gasteiger partial charge in [-0.1, -0.05) is 0 Å². The van der Waals surface area contributed by atoms with Crippen molar-refractivity contribution >= 4 is 10.8 Å². The minimum Gasteiger partial charge on any atom is -0.504 e. The normalized spacial score (nSPS) is 11.0. The third-order valence-corrected chi connectivity index (χ3v) is 3.08. The number of rotatable bonds is 0. The molecule has 0 atom stereocenters. The zero-order chi connectivity index (χ0) is 13.8. The standard InChI is InChI=1S/C12H12O6/c1-3-5-6(4(2)8(14)7(3)13)10(16)12(18)11(17)9(5)15/h13-18H,1-2H3. The van der Waals surface area contributed by atoms with E-state index in [0.717, 1.165) is 0 Å². The van der Waals surface area contributed by atoms with Crippen molar-refractivity contribution in [3.63, 3.8) is 0 Å². The van der Waals surface area contributed by atoms with Crippen LogP contribution >= 0.6 is 0 Å². The first-order valence-electron chi connectivity index (χ1n) is 5.09. The Hall–Kier alpha value is -2.50. The lowest BCUT2D eigenvalue weighted by Crippen LogP contribution is -1.89. The summed E-state index contributed by atoms with van der Waals surface area (Å²) in [5.74, 6) is -4.02. The lowest BCUT2D eigenvalue weighted by Gasteiger charge is -2.15. The summed E-state index contributed by atoms with van der Waals surface area (Å²) in [4.78, 5) is 0. The minimum atomic E-state index is -0.882. The van der Waals surface area contributed by atoms with Crippen LogP contribution in [0.3, 0.4) is 0 Å². The summed E-state index contributed by atoms with van der Waals surface area (Å²) in [6, 6.07) is 0. The van der Waals surface area contributed by atoms with Gasteiger partial charge in [0.1, 0.15) is 0 Å². The van der Waals surface area contributed by atoms with Gasteiger partial charge < -0.3 is 30.6 Å². The van der Waals surface area contributed by atoms with Crippen LogP contribution in [-0.4, -0.2) is 30.6 Å². The van der Waals surface area contributed by atoms with Crippen LogP contribution in [0.2, 0.25) is 0 Å². The fraction of sp³-hybridized carbons (Fsp3) is 0.167. The molecule has 2 aromatic carbocycles. The van der Waals surface area contributed by atoms with E-state index in [4.69, 9.17) is 0 Å². The molecule has 0 radical (unpaired) electrons. The molecular weight excluding hydrogens is 240 g/mol. The van der Waals surface area contributed by atoms with Crippen LogP contribution in [0.1, 0.15) is 11.1 Å². The predicted molar refractivity (Wildman–Crippen MR) is 63.4 cm³/mol. The Bertz CT molecular complexity index is 562. The summed E-state index contributed by atoms with van der Waals surface area (Å²) >= 11 is 0. The largest absolute Gasteiger partial charge is 0.504 e. The molecule has 0 aliphatic heterocycles. The molecule has 0 aliphatic carbocycles. The summed E-state index contributed by atoms with van der Waals surface area (Å²) < 4.78 is 0. The molecule has 2 rings (SSSR count). The van der Waals surface area contributed by atoms with E-state index in [2.05, 4.69) is 0 Å². The SMILES string of the molecule is Cc1c(O)c(O)c(C)c2c(O)c(O)c(O)c(O)c12. The van der Waals surface area contributed by atoms with Gasteiger partial charge >= 0.3 is 0 Å². The molecule has 0 fully saturated rings. The maximum absolute atomic E-state index is 9.77. The third kappa shape index (κ3) is 1.22. The van der Waals surface area contributed by atoms with Crippen LogP contribution in [0.15, 0.2) is 0 Å². The number of aromatic hydroxyl groups is 6. The number of benzene rings is 2. The van der Waals surface area contributed by atoms with Gasteiger partial charge in [-0.2, -0.15) is 0 Å². The van der Waals surface area contributed by atoms with E-state index in [1.54, 1.807) is 0 Å². The molecule has 0 saturated carbocycles. The van der Waals surface area contributed by atoms with E-state index in [9.17, 15) is 30.6 Å². The fourth-order valence-electron chi connectivity index (χ4n) is 2.02. The van der Waals surface area contributed by atoms with Crippen molar-refractivity contribution in [2.75, 3.05) is 0 Å². The Kier molecular flexibility index (Phi) is 2.32. The number of fused-ring (bicyclic) bond motifs is 1. The van der Waals surface area contributed by atoms with Crippen molar-refractivity contribution in [3.8, 4) is 34.5 Å². The lowest BCUT2D eigenvalue weighted by molar-refractivity contribution is 0.350. The van der Waals surface area contributed by atoms with Gasteiger partial charge in [-0.25, -0.2) is 0 Å². The summed E-state index contributed by atoms with van der Waals surface area (Å²) in [6.07, 6.45) is 0. The highest BCUT2D eigenvalue weighted by Gasteiger charge is 2.24. The highest BCUT2D eigenvalue weighted by atomic mass is 16.3. The molecule has 2 aromatic rings. The first-order chi connectivity index (χ1) is 8.29. The maximum Gasteiger partial charge on any atom is 0.204 e. The molecule has 0 amide bonds. The average Bonchev–Trinajstić information content (AvgIpc) is 2.35. The van der Waals surface area contributed by atoms with Crippen LogP contribution in [0.4, 0.5) is 0 Å². The Balaban J connectivity index is 3.22. The molecule has 0 aromatic heterocycles. The van der Waals surface area contributed by atoms with Gasteiger partial charge in [-0.15, -0.1) is 0 Å². The summed E-state index contributed by atoms with van der Waals surface area (Å²) in [6.45, 7) is 2.79. The summed E-state index contributed by atoms with van der Waals surface area (Å²) in [5.41, 5.74) is 0.160. The second-order valence-electron chi connectivity index (χ2n) is 4.09. The molecule has 0 heterocycles. The molecule has 0 saturated heterocycles. The maximum atomic E-state index is 9.77. The van der Waals surface area contributed by atoms with E-state index in [1.165, 1.54) is 13.8 Å². The second-order valence-corrected chi connectivity index (χ2v) is 4.09. The van der Waals surface area contributed by atoms with Gasteiger partial charge in [-0.05, 0) is 13.8 Å². The Labute approximate surface area is 102 Å². The average molecular weight is 252 g/mol. The Morgan fingerprint density at radius 3 is 1.00 bits per heavy atom. The molecule has 0 bridgehead atoms. The monoisotopic (exact) mass is 252 g/mol. The fourth-order valence-corrected chi connectivity index (χ4v) is 2.02. The van der Waals surface area contributed by atoms with Gasteiger partial charge in [0.05, 0.1) is 0 Å². The van der Waals surface area contributed by atoms with E-state index in [0.29, 0.717) is 0 Å². The molecule has 6 nitrogen and oxygen atoms in total. The molecule has 0 aliphatic rings. The molecule has 0 unspecified atom stereocenters. The molecule has 6 heteroatoms. The van der Waals surface area contributed by atoms with Gasteiger partial charge in [0.2, 0.25) is 11.5 Å². The van der Waals surface area contributed by atoms with E-state index < -0.39 is 34.5 Å². The van der Waals surface area contributed by atoms with Crippen LogP contribution in [0.5, 0.6) is 34.5 Å². The van der Waals surface area contributed by atoms with E-state index >= 15 is 0 Å². The third-order valence-electron chi connectivity index (χ3n) is 3.08. The van der Waals surface area contributed by atoms with Crippen LogP contribution in [0, 0.1) is 13.8 Å². The molecule has 6 N–H and O–H groups in total. The first kappa shape index (κ1) is 12.0. The van der Waals surface area contributed by atoms with E-state index in [1.807, 2.05) is 0 Å². The zero-order valence-electron chi connectivity index (χ0n) is 9.68. The van der Waals surface area contributed by atoms with Crippen molar-refractivity contribution < 1.29 is 30.6 Å². The van der Waals surface area contributed by atoms with Crippen LogP contribution in [0.25, 0.3) is 10.8 Å². The Morgan fingerprint density at radius 2 is 0.722 bits per heavy atom. The number of phenols is 6. The van der Waals surface area contributed by atoms with Crippen molar-refractivity contribution in [1.29, 1.82) is 0 Å². The van der Waals surface area contributed by atoms with Gasteiger partial charge in [0.25, 0.3) is 0 Å². The van der Waals surface area contributed by atoms with Crippen molar-refractivity contribution in [2.24, 2.45) is 0 Å². The number of hydrogen-bond donors (Lipinski definition) is 6. The number of aryl methyl sites for hydroxylation is 2. The van der Waals surface area contributed by atoms with Crippen LogP contribution in [-0.2, 0) is 0 Å². The highest BCUT2D eigenvalue weighted by Crippen LogP contribution is 2.53. The molecule has 18 heavy (non-hydrogen) atoms. The molecule has 0 spiro atoms. The topological polar surface area (TPSA) is 121 Å². The smallest absolute Gasteiger partial charge is 0.204 e. The highest BCUT2D eigenvalue weighted by molar-refractivity contribution is 6.04. The van der Waals surface area contributed by atoms with Gasteiger partial charge in [0, 0.05) is 21.9 Å². The van der Waals surface area contributed by atoms with Crippen molar-refractivity contribution in [2.45, 2.75) is 13.8 Å². The van der Waals surface area contributed by atoms with Gasteiger partial charge in [0.15, 0.2) is 23.0 Å². The molecule has 96 valence electrons. The lowest BCUT2D eigenvalue weighted by atomic mass is 9.96.